The van der Waals surface area contributed by atoms with Gasteiger partial charge in [0.05, 0.1) is 0 Å². The Morgan fingerprint density at radius 1 is 1.54 bits per heavy atom. The van der Waals surface area contributed by atoms with E-state index in [9.17, 15) is 0 Å². The van der Waals surface area contributed by atoms with Crippen molar-refractivity contribution in [1.82, 2.24) is 4.98 Å². The van der Waals surface area contributed by atoms with E-state index in [0.717, 1.165) is 18.2 Å². The average molecular weight is 176 g/mol. The molecule has 0 aliphatic heterocycles. The Kier molecular flexibility index (Phi) is 2.48. The number of rotatable bonds is 3. The molecule has 0 saturated heterocycles. The van der Waals surface area contributed by atoms with Gasteiger partial charge in [0.15, 0.2) is 0 Å². The number of anilines is 1. The van der Waals surface area contributed by atoms with Crippen molar-refractivity contribution in [2.24, 2.45) is 5.92 Å². The van der Waals surface area contributed by atoms with Gasteiger partial charge in [-0.25, -0.2) is 0 Å². The van der Waals surface area contributed by atoms with E-state index >= 15 is 0 Å². The van der Waals surface area contributed by atoms with Gasteiger partial charge < -0.3 is 5.32 Å². The lowest BCUT2D eigenvalue weighted by atomic mass is 9.85. The third-order valence-electron chi connectivity index (χ3n) is 2.72. The van der Waals surface area contributed by atoms with Crippen molar-refractivity contribution in [3.8, 4) is 0 Å². The van der Waals surface area contributed by atoms with E-state index in [1.807, 2.05) is 19.2 Å². The Bertz CT molecular complexity index is 279. The van der Waals surface area contributed by atoms with E-state index in [2.05, 4.69) is 16.4 Å². The summed E-state index contributed by atoms with van der Waals surface area (Å²) in [4.78, 5) is 4.16. The van der Waals surface area contributed by atoms with Gasteiger partial charge in [-0.15, -0.1) is 0 Å². The molecule has 0 spiro atoms. The summed E-state index contributed by atoms with van der Waals surface area (Å²) >= 11 is 0. The summed E-state index contributed by atoms with van der Waals surface area (Å²) < 4.78 is 0. The maximum atomic E-state index is 4.16. The molecule has 1 saturated carbocycles. The highest BCUT2D eigenvalue weighted by atomic mass is 14.9. The molecule has 13 heavy (non-hydrogen) atoms. The number of nitrogens with zero attached hydrogens (tertiary/aromatic N) is 1. The average Bonchev–Trinajstić information content (AvgIpc) is 2.01. The number of nitrogens with one attached hydrogen (secondary N) is 1. The number of aromatic nitrogens is 1. The molecule has 1 fully saturated rings. The number of aryl methyl sites for hydroxylation is 1. The van der Waals surface area contributed by atoms with Crippen LogP contribution in [0.1, 0.15) is 25.0 Å². The lowest BCUT2D eigenvalue weighted by Crippen LogP contribution is -2.20. The maximum absolute atomic E-state index is 4.16. The zero-order valence-electron chi connectivity index (χ0n) is 8.09. The van der Waals surface area contributed by atoms with Crippen LogP contribution in [0.3, 0.4) is 0 Å². The quantitative estimate of drug-likeness (QED) is 0.765. The number of hydrogen-bond donors (Lipinski definition) is 1. The van der Waals surface area contributed by atoms with Gasteiger partial charge in [0.25, 0.3) is 0 Å². The van der Waals surface area contributed by atoms with Crippen molar-refractivity contribution in [1.29, 1.82) is 0 Å². The number of pyridine rings is 1. The molecule has 1 N–H and O–H groups in total. The van der Waals surface area contributed by atoms with Gasteiger partial charge in [-0.1, -0.05) is 6.42 Å². The second kappa shape index (κ2) is 3.77. The molecule has 0 radical (unpaired) electrons. The predicted octanol–water partition coefficient (Wildman–Crippen LogP) is 2.60. The van der Waals surface area contributed by atoms with Gasteiger partial charge in [0.1, 0.15) is 0 Å². The van der Waals surface area contributed by atoms with Gasteiger partial charge >= 0.3 is 0 Å². The molecule has 0 aromatic carbocycles. The van der Waals surface area contributed by atoms with Crippen LogP contribution >= 0.6 is 0 Å². The molecule has 70 valence electrons. The summed E-state index contributed by atoms with van der Waals surface area (Å²) in [6.07, 6.45) is 6.08. The summed E-state index contributed by atoms with van der Waals surface area (Å²) in [6.45, 7) is 3.15. The molecule has 0 amide bonds. The van der Waals surface area contributed by atoms with E-state index in [0.29, 0.717) is 0 Å². The largest absolute Gasteiger partial charge is 0.385 e. The Morgan fingerprint density at radius 3 is 3.00 bits per heavy atom. The summed E-state index contributed by atoms with van der Waals surface area (Å²) in [5.74, 6) is 0.911. The lowest BCUT2D eigenvalue weighted by Gasteiger charge is -2.25. The molecule has 1 aromatic rings. The standard InChI is InChI=1S/C11H16N2/c1-9-7-11(5-6-12-9)13-8-10-3-2-4-10/h5-7,10H,2-4,8H2,1H3,(H,12,13). The third-order valence-corrected chi connectivity index (χ3v) is 2.72. The smallest absolute Gasteiger partial charge is 0.0393 e. The summed E-state index contributed by atoms with van der Waals surface area (Å²) in [5.41, 5.74) is 2.29. The van der Waals surface area contributed by atoms with Crippen LogP contribution in [0.5, 0.6) is 0 Å². The van der Waals surface area contributed by atoms with E-state index in [1.54, 1.807) is 0 Å². The first-order chi connectivity index (χ1) is 6.34. The van der Waals surface area contributed by atoms with Crippen molar-refractivity contribution in [2.75, 3.05) is 11.9 Å². The highest BCUT2D eigenvalue weighted by Gasteiger charge is 2.16. The van der Waals surface area contributed by atoms with Crippen LogP contribution < -0.4 is 5.32 Å². The van der Waals surface area contributed by atoms with Gasteiger partial charge in [-0.3, -0.25) is 4.98 Å². The molecule has 0 atom stereocenters. The Morgan fingerprint density at radius 2 is 2.38 bits per heavy atom. The van der Waals surface area contributed by atoms with Crippen LogP contribution in [0.25, 0.3) is 0 Å². The highest BCUT2D eigenvalue weighted by Crippen LogP contribution is 2.26. The fraction of sp³-hybridized carbons (Fsp3) is 0.545. The SMILES string of the molecule is Cc1cc(NCC2CCC2)ccn1. The van der Waals surface area contributed by atoms with E-state index in [4.69, 9.17) is 0 Å². The minimum Gasteiger partial charge on any atom is -0.385 e. The fourth-order valence-corrected chi connectivity index (χ4v) is 1.61. The van der Waals surface area contributed by atoms with Crippen LogP contribution in [0.15, 0.2) is 18.3 Å². The predicted molar refractivity (Wildman–Crippen MR) is 54.8 cm³/mol. The molecule has 1 aromatic heterocycles. The zero-order valence-corrected chi connectivity index (χ0v) is 8.09. The minimum atomic E-state index is 0.911. The topological polar surface area (TPSA) is 24.9 Å². The van der Waals surface area contributed by atoms with Gasteiger partial charge in [-0.05, 0) is 37.8 Å². The molecule has 0 bridgehead atoms. The first-order valence-electron chi connectivity index (χ1n) is 5.01. The van der Waals surface area contributed by atoms with Crippen molar-refractivity contribution in [3.63, 3.8) is 0 Å². The molecule has 2 rings (SSSR count). The summed E-state index contributed by atoms with van der Waals surface area (Å²) in [5, 5.41) is 3.45. The Hall–Kier alpha value is -1.05. The lowest BCUT2D eigenvalue weighted by molar-refractivity contribution is 0.333. The van der Waals surface area contributed by atoms with Crippen molar-refractivity contribution >= 4 is 5.69 Å². The molecular weight excluding hydrogens is 160 g/mol. The van der Waals surface area contributed by atoms with E-state index < -0.39 is 0 Å². The van der Waals surface area contributed by atoms with Crippen molar-refractivity contribution in [2.45, 2.75) is 26.2 Å². The molecule has 2 nitrogen and oxygen atoms in total. The third kappa shape index (κ3) is 2.20. The van der Waals surface area contributed by atoms with E-state index in [1.165, 1.54) is 24.9 Å². The second-order valence-electron chi connectivity index (χ2n) is 3.86. The minimum absolute atomic E-state index is 0.911. The molecule has 1 heterocycles. The van der Waals surface area contributed by atoms with Crippen LogP contribution in [-0.4, -0.2) is 11.5 Å². The van der Waals surface area contributed by atoms with Crippen molar-refractivity contribution in [3.05, 3.63) is 24.0 Å². The Balaban J connectivity index is 1.86. The van der Waals surface area contributed by atoms with Gasteiger partial charge in [-0.2, -0.15) is 0 Å². The summed E-state index contributed by atoms with van der Waals surface area (Å²) in [6, 6.07) is 4.13. The molecule has 2 heteroatoms. The van der Waals surface area contributed by atoms with Crippen molar-refractivity contribution < 1.29 is 0 Å². The summed E-state index contributed by atoms with van der Waals surface area (Å²) in [7, 11) is 0. The van der Waals surface area contributed by atoms with Crippen LogP contribution in [-0.2, 0) is 0 Å². The maximum Gasteiger partial charge on any atom is 0.0393 e. The zero-order chi connectivity index (χ0) is 9.10. The van der Waals surface area contributed by atoms with Crippen LogP contribution in [0, 0.1) is 12.8 Å². The molecule has 1 aliphatic carbocycles. The van der Waals surface area contributed by atoms with Crippen LogP contribution in [0.4, 0.5) is 5.69 Å². The first kappa shape index (κ1) is 8.54. The van der Waals surface area contributed by atoms with E-state index in [-0.39, 0.29) is 0 Å². The molecular formula is C11H16N2. The molecule has 0 unspecified atom stereocenters. The van der Waals surface area contributed by atoms with Gasteiger partial charge in [0, 0.05) is 24.1 Å². The first-order valence-corrected chi connectivity index (χ1v) is 5.01. The Labute approximate surface area is 79.4 Å². The highest BCUT2D eigenvalue weighted by molar-refractivity contribution is 5.42. The molecule has 1 aliphatic rings. The second-order valence-corrected chi connectivity index (χ2v) is 3.86. The fourth-order valence-electron chi connectivity index (χ4n) is 1.61. The normalized spacial score (nSPS) is 16.7. The van der Waals surface area contributed by atoms with Gasteiger partial charge in [0.2, 0.25) is 0 Å². The monoisotopic (exact) mass is 176 g/mol. The number of hydrogen-bond acceptors (Lipinski definition) is 2. The van der Waals surface area contributed by atoms with Crippen LogP contribution in [0.2, 0.25) is 0 Å².